The van der Waals surface area contributed by atoms with Gasteiger partial charge < -0.3 is 5.32 Å². The Labute approximate surface area is 108 Å². The quantitative estimate of drug-likeness (QED) is 0.837. The Hall–Kier alpha value is -0.240. The minimum Gasteiger partial charge on any atom is -0.317 e. The molecule has 1 aromatic carbocycles. The highest BCUT2D eigenvalue weighted by Crippen LogP contribution is 2.28. The van der Waals surface area contributed by atoms with Crippen molar-refractivity contribution in [3.05, 3.63) is 33.8 Å². The van der Waals surface area contributed by atoms with Gasteiger partial charge in [0.15, 0.2) is 0 Å². The smallest absolute Gasteiger partial charge is 0.0624 e. The van der Waals surface area contributed by atoms with Crippen LogP contribution in [0, 0.1) is 5.92 Å². The van der Waals surface area contributed by atoms with Crippen LogP contribution in [0.2, 0.25) is 10.0 Å². The lowest BCUT2D eigenvalue weighted by Gasteiger charge is -2.22. The third-order valence-electron chi connectivity index (χ3n) is 3.07. The van der Waals surface area contributed by atoms with Crippen molar-refractivity contribution in [2.45, 2.75) is 32.7 Å². The lowest BCUT2D eigenvalue weighted by atomic mass is 9.92. The largest absolute Gasteiger partial charge is 0.317 e. The number of hydrogen-bond donors (Lipinski definition) is 1. The van der Waals surface area contributed by atoms with Crippen LogP contribution in [0.4, 0.5) is 0 Å². The van der Waals surface area contributed by atoms with E-state index < -0.39 is 0 Å². The van der Waals surface area contributed by atoms with Crippen molar-refractivity contribution in [2.75, 3.05) is 7.05 Å². The Kier molecular flexibility index (Phi) is 5.60. The second kappa shape index (κ2) is 6.48. The molecular formula is C13H19Cl2N. The van der Waals surface area contributed by atoms with Crippen LogP contribution in [0.15, 0.2) is 18.2 Å². The summed E-state index contributed by atoms with van der Waals surface area (Å²) in [5.41, 5.74) is 1.13. The predicted molar refractivity (Wildman–Crippen MR) is 72.5 cm³/mol. The topological polar surface area (TPSA) is 12.0 Å². The minimum atomic E-state index is 0.523. The first-order valence-electron chi connectivity index (χ1n) is 5.70. The summed E-state index contributed by atoms with van der Waals surface area (Å²) in [5.74, 6) is 0.547. The van der Waals surface area contributed by atoms with Crippen LogP contribution < -0.4 is 5.32 Å². The van der Waals surface area contributed by atoms with Crippen LogP contribution in [0.1, 0.15) is 25.8 Å². The number of nitrogens with one attached hydrogen (secondary N) is 1. The monoisotopic (exact) mass is 259 g/mol. The van der Waals surface area contributed by atoms with Crippen LogP contribution in [0.25, 0.3) is 0 Å². The molecule has 1 N–H and O–H groups in total. The molecule has 0 fully saturated rings. The summed E-state index contributed by atoms with van der Waals surface area (Å²) in [4.78, 5) is 0. The zero-order valence-electron chi connectivity index (χ0n) is 10.1. The molecule has 0 spiro atoms. The molecule has 1 nitrogen and oxygen atoms in total. The van der Waals surface area contributed by atoms with E-state index >= 15 is 0 Å². The molecule has 1 rings (SSSR count). The van der Waals surface area contributed by atoms with Gasteiger partial charge in [0.05, 0.1) is 10.0 Å². The fraction of sp³-hybridized carbons (Fsp3) is 0.538. The van der Waals surface area contributed by atoms with Crippen molar-refractivity contribution in [1.82, 2.24) is 5.32 Å². The summed E-state index contributed by atoms with van der Waals surface area (Å²) in [7, 11) is 2.00. The standard InChI is InChI=1S/C13H19Cl2N/c1-4-12(16-3)9(2)8-10-6-5-7-11(14)13(10)15/h5-7,9,12,16H,4,8H2,1-3H3. The summed E-state index contributed by atoms with van der Waals surface area (Å²) in [6.07, 6.45) is 2.08. The molecule has 2 atom stereocenters. The van der Waals surface area contributed by atoms with E-state index in [2.05, 4.69) is 19.2 Å². The summed E-state index contributed by atoms with van der Waals surface area (Å²) in [5, 5.41) is 4.67. The highest BCUT2D eigenvalue weighted by atomic mass is 35.5. The maximum absolute atomic E-state index is 6.18. The van der Waals surface area contributed by atoms with E-state index in [1.54, 1.807) is 0 Å². The molecule has 1 aromatic rings. The van der Waals surface area contributed by atoms with Gasteiger partial charge in [-0.05, 0) is 37.4 Å². The number of halogens is 2. The van der Waals surface area contributed by atoms with Crippen molar-refractivity contribution in [1.29, 1.82) is 0 Å². The summed E-state index contributed by atoms with van der Waals surface area (Å²) < 4.78 is 0. The molecule has 0 bridgehead atoms. The van der Waals surface area contributed by atoms with Gasteiger partial charge >= 0.3 is 0 Å². The van der Waals surface area contributed by atoms with Gasteiger partial charge in [-0.15, -0.1) is 0 Å². The van der Waals surface area contributed by atoms with E-state index in [0.717, 1.165) is 18.4 Å². The van der Waals surface area contributed by atoms with Crippen LogP contribution in [-0.2, 0) is 6.42 Å². The lowest BCUT2D eigenvalue weighted by molar-refractivity contribution is 0.387. The van der Waals surface area contributed by atoms with Gasteiger partial charge in [0.1, 0.15) is 0 Å². The fourth-order valence-corrected chi connectivity index (χ4v) is 2.48. The third-order valence-corrected chi connectivity index (χ3v) is 3.93. The maximum Gasteiger partial charge on any atom is 0.0624 e. The molecular weight excluding hydrogens is 241 g/mol. The zero-order valence-corrected chi connectivity index (χ0v) is 11.6. The average Bonchev–Trinajstić information content (AvgIpc) is 2.26. The van der Waals surface area contributed by atoms with Crippen LogP contribution >= 0.6 is 23.2 Å². The normalized spacial score (nSPS) is 14.8. The van der Waals surface area contributed by atoms with E-state index in [9.17, 15) is 0 Å². The van der Waals surface area contributed by atoms with Gasteiger partial charge in [0.2, 0.25) is 0 Å². The Bertz CT molecular complexity index is 335. The number of hydrogen-bond acceptors (Lipinski definition) is 1. The van der Waals surface area contributed by atoms with Gasteiger partial charge in [-0.2, -0.15) is 0 Å². The maximum atomic E-state index is 6.18. The molecule has 0 radical (unpaired) electrons. The van der Waals surface area contributed by atoms with Crippen molar-refractivity contribution in [2.24, 2.45) is 5.92 Å². The molecule has 90 valence electrons. The Morgan fingerprint density at radius 3 is 2.56 bits per heavy atom. The summed E-state index contributed by atoms with van der Waals surface area (Å²) >= 11 is 12.2. The van der Waals surface area contributed by atoms with Crippen molar-refractivity contribution in [3.63, 3.8) is 0 Å². The van der Waals surface area contributed by atoms with E-state index in [0.29, 0.717) is 22.0 Å². The molecule has 0 aromatic heterocycles. The zero-order chi connectivity index (χ0) is 12.1. The van der Waals surface area contributed by atoms with E-state index in [1.807, 2.05) is 25.2 Å². The Morgan fingerprint density at radius 2 is 2.00 bits per heavy atom. The first-order chi connectivity index (χ1) is 7.60. The van der Waals surface area contributed by atoms with Gasteiger partial charge in [0, 0.05) is 6.04 Å². The molecule has 0 amide bonds. The van der Waals surface area contributed by atoms with Gasteiger partial charge in [-0.1, -0.05) is 49.2 Å². The highest BCUT2D eigenvalue weighted by molar-refractivity contribution is 6.42. The van der Waals surface area contributed by atoms with Crippen molar-refractivity contribution in [3.8, 4) is 0 Å². The Morgan fingerprint density at radius 1 is 1.31 bits per heavy atom. The van der Waals surface area contributed by atoms with Gasteiger partial charge in [0.25, 0.3) is 0 Å². The molecule has 0 heterocycles. The van der Waals surface area contributed by atoms with Crippen molar-refractivity contribution >= 4 is 23.2 Å². The molecule has 0 aliphatic heterocycles. The Balaban J connectivity index is 2.76. The first-order valence-corrected chi connectivity index (χ1v) is 6.45. The molecule has 0 saturated carbocycles. The number of rotatable bonds is 5. The first kappa shape index (κ1) is 13.8. The van der Waals surface area contributed by atoms with E-state index in [-0.39, 0.29) is 0 Å². The van der Waals surface area contributed by atoms with E-state index in [1.165, 1.54) is 0 Å². The minimum absolute atomic E-state index is 0.523. The molecule has 0 aliphatic rings. The lowest BCUT2D eigenvalue weighted by Crippen LogP contribution is -2.32. The molecule has 16 heavy (non-hydrogen) atoms. The van der Waals surface area contributed by atoms with Crippen molar-refractivity contribution < 1.29 is 0 Å². The molecule has 0 saturated heterocycles. The third kappa shape index (κ3) is 3.38. The predicted octanol–water partition coefficient (Wildman–Crippen LogP) is 4.17. The van der Waals surface area contributed by atoms with E-state index in [4.69, 9.17) is 23.2 Å². The second-order valence-corrected chi connectivity index (χ2v) is 4.98. The molecule has 2 unspecified atom stereocenters. The molecule has 0 aliphatic carbocycles. The van der Waals surface area contributed by atoms with Crippen LogP contribution in [0.3, 0.4) is 0 Å². The van der Waals surface area contributed by atoms with Crippen LogP contribution in [-0.4, -0.2) is 13.1 Å². The summed E-state index contributed by atoms with van der Waals surface area (Å²) in [6.45, 7) is 4.43. The van der Waals surface area contributed by atoms with Crippen LogP contribution in [0.5, 0.6) is 0 Å². The SMILES string of the molecule is CCC(NC)C(C)Cc1cccc(Cl)c1Cl. The average molecular weight is 260 g/mol. The second-order valence-electron chi connectivity index (χ2n) is 4.20. The van der Waals surface area contributed by atoms with Gasteiger partial charge in [-0.3, -0.25) is 0 Å². The van der Waals surface area contributed by atoms with Gasteiger partial charge in [-0.25, -0.2) is 0 Å². The fourth-order valence-electron chi connectivity index (χ4n) is 2.09. The number of benzene rings is 1. The molecule has 3 heteroatoms. The highest BCUT2D eigenvalue weighted by Gasteiger charge is 2.15. The summed E-state index contributed by atoms with van der Waals surface area (Å²) in [6, 6.07) is 6.35.